The van der Waals surface area contributed by atoms with E-state index in [-0.39, 0.29) is 43.4 Å². The molecule has 1 aliphatic heterocycles. The average molecular weight is 463 g/mol. The van der Waals surface area contributed by atoms with Crippen molar-refractivity contribution in [3.63, 3.8) is 0 Å². The maximum atomic E-state index is 12.6. The molecule has 11 heteroatoms. The highest BCUT2D eigenvalue weighted by molar-refractivity contribution is 6.02. The first-order valence-corrected chi connectivity index (χ1v) is 9.85. The van der Waals surface area contributed by atoms with Crippen LogP contribution in [-0.4, -0.2) is 53.4 Å². The second kappa shape index (κ2) is 9.72. The first-order chi connectivity index (χ1) is 15.5. The Morgan fingerprint density at radius 3 is 2.12 bits per heavy atom. The second-order valence-corrected chi connectivity index (χ2v) is 7.35. The van der Waals surface area contributed by atoms with Crippen LogP contribution in [0.25, 0.3) is 0 Å². The number of alkyl halides is 3. The number of nitrogens with zero attached hydrogens (tertiary/aromatic N) is 2. The van der Waals surface area contributed by atoms with Crippen molar-refractivity contribution in [3.05, 3.63) is 59.7 Å². The number of ether oxygens (including phenoxy) is 1. The summed E-state index contributed by atoms with van der Waals surface area (Å²) in [5, 5.41) is 2.49. The number of carbonyl (C=O) groups is 4. The van der Waals surface area contributed by atoms with Crippen LogP contribution in [0.1, 0.15) is 28.8 Å². The zero-order chi connectivity index (χ0) is 24.2. The summed E-state index contributed by atoms with van der Waals surface area (Å²) < 4.78 is 40.4. The predicted octanol–water partition coefficient (Wildman–Crippen LogP) is 2.94. The number of hydrogen-bond donors (Lipinski definition) is 1. The van der Waals surface area contributed by atoms with Crippen LogP contribution >= 0.6 is 0 Å². The van der Waals surface area contributed by atoms with Crippen molar-refractivity contribution in [3.8, 4) is 5.75 Å². The summed E-state index contributed by atoms with van der Waals surface area (Å²) in [6.07, 6.45) is -4.41. The number of nitrogens with one attached hydrogen (secondary N) is 1. The lowest BCUT2D eigenvalue weighted by molar-refractivity contribution is -0.274. The van der Waals surface area contributed by atoms with Gasteiger partial charge in [0.1, 0.15) is 5.75 Å². The van der Waals surface area contributed by atoms with Crippen molar-refractivity contribution < 1.29 is 37.1 Å². The van der Waals surface area contributed by atoms with Crippen LogP contribution in [-0.2, 0) is 20.9 Å². The monoisotopic (exact) mass is 463 g/mol. The topological polar surface area (TPSA) is 96.0 Å². The number of carbonyl (C=O) groups excluding carboxylic acids is 4. The molecule has 1 N–H and O–H groups in total. The van der Waals surface area contributed by atoms with Crippen LogP contribution in [0.15, 0.2) is 48.5 Å². The lowest BCUT2D eigenvalue weighted by atomic mass is 10.1. The van der Waals surface area contributed by atoms with E-state index in [1.54, 1.807) is 12.1 Å². The molecular formula is C22H20F3N3O5. The largest absolute Gasteiger partial charge is 0.573 e. The minimum absolute atomic E-state index is 0.136. The van der Waals surface area contributed by atoms with E-state index in [9.17, 15) is 32.3 Å². The Labute approximate surface area is 186 Å². The Balaban J connectivity index is 1.52. The third-order valence-corrected chi connectivity index (χ3v) is 4.80. The third kappa shape index (κ3) is 6.55. The molecule has 0 unspecified atom stereocenters. The van der Waals surface area contributed by atoms with Gasteiger partial charge in [0.05, 0.1) is 13.1 Å². The summed E-state index contributed by atoms with van der Waals surface area (Å²) in [6, 6.07) is 10.9. The van der Waals surface area contributed by atoms with E-state index in [0.29, 0.717) is 11.1 Å². The van der Waals surface area contributed by atoms with E-state index in [1.165, 1.54) is 41.1 Å². The van der Waals surface area contributed by atoms with Crippen LogP contribution in [0, 0.1) is 0 Å². The molecule has 0 atom stereocenters. The molecule has 2 aromatic rings. The van der Waals surface area contributed by atoms with Crippen LogP contribution < -0.4 is 10.1 Å². The highest BCUT2D eigenvalue weighted by atomic mass is 19.4. The number of amides is 4. The van der Waals surface area contributed by atoms with E-state index in [2.05, 4.69) is 10.1 Å². The lowest BCUT2D eigenvalue weighted by Gasteiger charge is -2.18. The molecule has 174 valence electrons. The van der Waals surface area contributed by atoms with Gasteiger partial charge in [-0.25, -0.2) is 0 Å². The fourth-order valence-corrected chi connectivity index (χ4v) is 3.18. The number of hydrogen-bond acceptors (Lipinski definition) is 5. The van der Waals surface area contributed by atoms with Gasteiger partial charge in [0, 0.05) is 31.1 Å². The zero-order valence-electron chi connectivity index (χ0n) is 17.5. The van der Waals surface area contributed by atoms with Gasteiger partial charge >= 0.3 is 6.36 Å². The standard InChI is InChI=1S/C22H20F3N3O5/c1-27(13-18(29)26-16-6-8-17(9-7-16)33-22(23,24)25)21(32)15-4-2-14(3-5-15)12-28-19(30)10-11-20(28)31/h2-9H,10-13H2,1H3,(H,26,29). The number of likely N-dealkylation sites (tertiary alicyclic amines) is 1. The van der Waals surface area contributed by atoms with Crippen molar-refractivity contribution >= 4 is 29.3 Å². The normalized spacial score (nSPS) is 13.8. The number of likely N-dealkylation sites (N-methyl/N-ethyl adjacent to an activating group) is 1. The Morgan fingerprint density at radius 1 is 1.00 bits per heavy atom. The quantitative estimate of drug-likeness (QED) is 0.637. The molecule has 0 bridgehead atoms. The SMILES string of the molecule is CN(CC(=O)Nc1ccc(OC(F)(F)F)cc1)C(=O)c1ccc(CN2C(=O)CCC2=O)cc1. The van der Waals surface area contributed by atoms with Gasteiger partial charge in [-0.15, -0.1) is 13.2 Å². The maximum Gasteiger partial charge on any atom is 0.573 e. The van der Waals surface area contributed by atoms with Gasteiger partial charge in [0.25, 0.3) is 5.91 Å². The highest BCUT2D eigenvalue weighted by Crippen LogP contribution is 2.24. The van der Waals surface area contributed by atoms with Gasteiger partial charge in [0.15, 0.2) is 0 Å². The van der Waals surface area contributed by atoms with Gasteiger partial charge < -0.3 is 15.0 Å². The Kier molecular flexibility index (Phi) is 7.00. The van der Waals surface area contributed by atoms with Gasteiger partial charge in [-0.05, 0) is 42.0 Å². The molecule has 4 amide bonds. The van der Waals surface area contributed by atoms with Crippen LogP contribution in [0.2, 0.25) is 0 Å². The molecule has 0 spiro atoms. The fourth-order valence-electron chi connectivity index (χ4n) is 3.18. The van der Waals surface area contributed by atoms with Crippen molar-refractivity contribution in [1.82, 2.24) is 9.80 Å². The summed E-state index contributed by atoms with van der Waals surface area (Å²) in [6.45, 7) is -0.157. The average Bonchev–Trinajstić information content (AvgIpc) is 3.06. The van der Waals surface area contributed by atoms with E-state index in [1.807, 2.05) is 0 Å². The maximum absolute atomic E-state index is 12.6. The summed E-state index contributed by atoms with van der Waals surface area (Å²) in [7, 11) is 1.43. The zero-order valence-corrected chi connectivity index (χ0v) is 17.5. The molecule has 8 nitrogen and oxygen atoms in total. The predicted molar refractivity (Wildman–Crippen MR) is 110 cm³/mol. The van der Waals surface area contributed by atoms with Gasteiger partial charge in [-0.1, -0.05) is 12.1 Å². The first-order valence-electron chi connectivity index (χ1n) is 9.85. The van der Waals surface area contributed by atoms with Crippen LogP contribution in [0.5, 0.6) is 5.75 Å². The molecule has 3 rings (SSSR count). The molecule has 0 saturated carbocycles. The van der Waals surface area contributed by atoms with E-state index >= 15 is 0 Å². The molecule has 1 heterocycles. The smallest absolute Gasteiger partial charge is 0.406 e. The van der Waals surface area contributed by atoms with E-state index in [0.717, 1.165) is 12.1 Å². The van der Waals surface area contributed by atoms with Gasteiger partial charge in [-0.3, -0.25) is 24.1 Å². The number of rotatable bonds is 7. The fraction of sp³-hybridized carbons (Fsp3) is 0.273. The third-order valence-electron chi connectivity index (χ3n) is 4.80. The minimum Gasteiger partial charge on any atom is -0.406 e. The van der Waals surface area contributed by atoms with E-state index in [4.69, 9.17) is 0 Å². The Morgan fingerprint density at radius 2 is 1.58 bits per heavy atom. The van der Waals surface area contributed by atoms with Crippen LogP contribution in [0.3, 0.4) is 0 Å². The lowest BCUT2D eigenvalue weighted by Crippen LogP contribution is -2.35. The molecule has 2 aromatic carbocycles. The van der Waals surface area contributed by atoms with Gasteiger partial charge in [0.2, 0.25) is 17.7 Å². The molecule has 0 aliphatic carbocycles. The minimum atomic E-state index is -4.81. The molecule has 1 fully saturated rings. The molecular weight excluding hydrogens is 443 g/mol. The van der Waals surface area contributed by atoms with Crippen molar-refractivity contribution in [2.24, 2.45) is 0 Å². The molecule has 1 aliphatic rings. The van der Waals surface area contributed by atoms with Crippen molar-refractivity contribution in [2.45, 2.75) is 25.7 Å². The molecule has 1 saturated heterocycles. The summed E-state index contributed by atoms with van der Waals surface area (Å²) in [4.78, 5) is 50.6. The number of benzene rings is 2. The first kappa shape index (κ1) is 23.8. The number of halogens is 3. The van der Waals surface area contributed by atoms with E-state index < -0.39 is 23.9 Å². The Bertz CT molecular complexity index is 1040. The second-order valence-electron chi connectivity index (χ2n) is 7.35. The molecule has 33 heavy (non-hydrogen) atoms. The molecule has 0 radical (unpaired) electrons. The van der Waals surface area contributed by atoms with Crippen LogP contribution in [0.4, 0.5) is 18.9 Å². The van der Waals surface area contributed by atoms with Crippen molar-refractivity contribution in [2.75, 3.05) is 18.9 Å². The number of imide groups is 1. The summed E-state index contributed by atoms with van der Waals surface area (Å²) >= 11 is 0. The van der Waals surface area contributed by atoms with Gasteiger partial charge in [-0.2, -0.15) is 0 Å². The molecule has 0 aromatic heterocycles. The van der Waals surface area contributed by atoms with Crippen molar-refractivity contribution in [1.29, 1.82) is 0 Å². The Hall–Kier alpha value is -3.89. The summed E-state index contributed by atoms with van der Waals surface area (Å²) in [5.41, 5.74) is 1.24. The highest BCUT2D eigenvalue weighted by Gasteiger charge is 2.31. The number of anilines is 1. The summed E-state index contributed by atoms with van der Waals surface area (Å²) in [5.74, 6) is -1.85.